The van der Waals surface area contributed by atoms with E-state index >= 15 is 0 Å². The van der Waals surface area contributed by atoms with Gasteiger partial charge in [0.1, 0.15) is 17.1 Å². The van der Waals surface area contributed by atoms with Crippen LogP contribution in [0.1, 0.15) is 65.4 Å². The molecule has 1 N–H and O–H groups in total. The van der Waals surface area contributed by atoms with Crippen molar-refractivity contribution in [2.45, 2.75) is 71.8 Å². The highest BCUT2D eigenvalue weighted by Gasteiger charge is 2.65. The van der Waals surface area contributed by atoms with Crippen molar-refractivity contribution in [3.63, 3.8) is 0 Å². The van der Waals surface area contributed by atoms with Gasteiger partial charge in [0, 0.05) is 11.3 Å². The van der Waals surface area contributed by atoms with Gasteiger partial charge in [-0.05, 0) is 73.6 Å². The first-order valence-electron chi connectivity index (χ1n) is 9.29. The van der Waals surface area contributed by atoms with Crippen LogP contribution in [-0.4, -0.2) is 10.7 Å². The summed E-state index contributed by atoms with van der Waals surface area (Å²) < 4.78 is 6.88. The maximum absolute atomic E-state index is 9.89. The van der Waals surface area contributed by atoms with Crippen molar-refractivity contribution in [3.05, 3.63) is 23.8 Å². The first-order chi connectivity index (χ1) is 10.8. The van der Waals surface area contributed by atoms with Crippen molar-refractivity contribution in [2.24, 2.45) is 22.7 Å². The van der Waals surface area contributed by atoms with Crippen molar-refractivity contribution in [3.8, 4) is 11.5 Å². The number of fused-ring (bicyclic) bond motifs is 1. The molecular formula is C21H30O2. The SMILES string of the molecule is CC1CCC2C(C)(C)CCCC23Oc2ccc(O)cc2CC13C. The molecule has 4 atom stereocenters. The van der Waals surface area contributed by atoms with E-state index in [0.717, 1.165) is 12.2 Å². The van der Waals surface area contributed by atoms with Crippen LogP contribution in [0.2, 0.25) is 0 Å². The van der Waals surface area contributed by atoms with Gasteiger partial charge in [-0.15, -0.1) is 0 Å². The van der Waals surface area contributed by atoms with Crippen molar-refractivity contribution in [1.29, 1.82) is 0 Å². The molecular weight excluding hydrogens is 284 g/mol. The predicted octanol–water partition coefficient (Wildman–Crippen LogP) is 5.33. The maximum atomic E-state index is 9.89. The molecule has 1 aromatic rings. The molecule has 4 unspecified atom stereocenters. The minimum absolute atomic E-state index is 0.0314. The zero-order valence-electron chi connectivity index (χ0n) is 15.0. The van der Waals surface area contributed by atoms with Crippen LogP contribution in [0.15, 0.2) is 18.2 Å². The van der Waals surface area contributed by atoms with Crippen LogP contribution < -0.4 is 4.74 Å². The normalized spacial score (nSPS) is 41.2. The Hall–Kier alpha value is -1.18. The second-order valence-electron chi connectivity index (χ2n) is 9.25. The third-order valence-corrected chi connectivity index (χ3v) is 7.71. The lowest BCUT2D eigenvalue weighted by atomic mass is 9.44. The van der Waals surface area contributed by atoms with Crippen LogP contribution in [0.5, 0.6) is 11.5 Å². The van der Waals surface area contributed by atoms with Crippen LogP contribution in [0.25, 0.3) is 0 Å². The number of aromatic hydroxyl groups is 1. The summed E-state index contributed by atoms with van der Waals surface area (Å²) in [6.45, 7) is 9.77. The Morgan fingerprint density at radius 2 is 1.91 bits per heavy atom. The molecule has 126 valence electrons. The largest absolute Gasteiger partial charge is 0.508 e. The summed E-state index contributed by atoms with van der Waals surface area (Å²) in [7, 11) is 0. The third-order valence-electron chi connectivity index (χ3n) is 7.71. The third kappa shape index (κ3) is 1.93. The van der Waals surface area contributed by atoms with Crippen LogP contribution in [0.3, 0.4) is 0 Å². The van der Waals surface area contributed by atoms with Gasteiger partial charge in [-0.2, -0.15) is 0 Å². The van der Waals surface area contributed by atoms with Gasteiger partial charge < -0.3 is 9.84 Å². The molecule has 2 aliphatic carbocycles. The fraction of sp³-hybridized carbons (Fsp3) is 0.714. The van der Waals surface area contributed by atoms with Crippen LogP contribution in [-0.2, 0) is 6.42 Å². The summed E-state index contributed by atoms with van der Waals surface area (Å²) in [5.41, 5.74) is 1.67. The molecule has 0 amide bonds. The van der Waals surface area contributed by atoms with Gasteiger partial charge in [0.15, 0.2) is 0 Å². The van der Waals surface area contributed by atoms with Crippen LogP contribution >= 0.6 is 0 Å². The average molecular weight is 314 g/mol. The molecule has 2 nitrogen and oxygen atoms in total. The Morgan fingerprint density at radius 1 is 1.13 bits per heavy atom. The van der Waals surface area contributed by atoms with Gasteiger partial charge in [0.2, 0.25) is 0 Å². The minimum atomic E-state index is -0.0314. The molecule has 2 fully saturated rings. The Kier molecular flexibility index (Phi) is 3.12. The molecule has 0 saturated heterocycles. The van der Waals surface area contributed by atoms with Gasteiger partial charge in [0.05, 0.1) is 0 Å². The minimum Gasteiger partial charge on any atom is -0.508 e. The summed E-state index contributed by atoms with van der Waals surface area (Å²) >= 11 is 0. The lowest BCUT2D eigenvalue weighted by molar-refractivity contribution is -0.210. The lowest BCUT2D eigenvalue weighted by Gasteiger charge is -2.66. The molecule has 1 heterocycles. The predicted molar refractivity (Wildman–Crippen MR) is 92.8 cm³/mol. The number of ether oxygens (including phenoxy) is 1. The standard InChI is InChI=1S/C21H30O2/c1-14-6-9-18-19(2,3)10-5-11-21(18)20(14,4)13-15-12-16(22)7-8-17(15)23-21/h7-8,12,14,18,22H,5-6,9-11,13H2,1-4H3. The second-order valence-corrected chi connectivity index (χ2v) is 9.25. The van der Waals surface area contributed by atoms with E-state index in [1.807, 2.05) is 12.1 Å². The van der Waals surface area contributed by atoms with E-state index in [1.54, 1.807) is 6.07 Å². The van der Waals surface area contributed by atoms with Crippen molar-refractivity contribution in [2.75, 3.05) is 0 Å². The first-order valence-corrected chi connectivity index (χ1v) is 9.29. The van der Waals surface area contributed by atoms with Gasteiger partial charge in [0.25, 0.3) is 0 Å². The number of benzene rings is 1. The Balaban J connectivity index is 1.88. The second kappa shape index (κ2) is 4.68. The summed E-state index contributed by atoms with van der Waals surface area (Å²) in [4.78, 5) is 0. The van der Waals surface area contributed by atoms with Gasteiger partial charge in [-0.1, -0.05) is 27.7 Å². The van der Waals surface area contributed by atoms with E-state index in [-0.39, 0.29) is 11.0 Å². The molecule has 3 aliphatic rings. The quantitative estimate of drug-likeness (QED) is 0.701. The Morgan fingerprint density at radius 3 is 2.70 bits per heavy atom. The van der Waals surface area contributed by atoms with Crippen molar-refractivity contribution < 1.29 is 9.84 Å². The molecule has 0 bridgehead atoms. The molecule has 2 heteroatoms. The topological polar surface area (TPSA) is 29.5 Å². The molecule has 0 aromatic heterocycles. The number of hydrogen-bond donors (Lipinski definition) is 1. The smallest absolute Gasteiger partial charge is 0.123 e. The molecule has 23 heavy (non-hydrogen) atoms. The average Bonchev–Trinajstić information content (AvgIpc) is 2.46. The van der Waals surface area contributed by atoms with E-state index in [4.69, 9.17) is 4.74 Å². The highest BCUT2D eigenvalue weighted by Crippen LogP contribution is 2.65. The molecule has 2 saturated carbocycles. The molecule has 0 radical (unpaired) electrons. The molecule has 1 aromatic carbocycles. The van der Waals surface area contributed by atoms with Gasteiger partial charge >= 0.3 is 0 Å². The summed E-state index contributed by atoms with van der Waals surface area (Å²) in [5.74, 6) is 2.66. The summed E-state index contributed by atoms with van der Waals surface area (Å²) in [6.07, 6.45) is 7.38. The number of phenols is 1. The summed E-state index contributed by atoms with van der Waals surface area (Å²) in [5, 5.41) is 9.89. The highest BCUT2D eigenvalue weighted by molar-refractivity contribution is 5.44. The van der Waals surface area contributed by atoms with E-state index in [0.29, 0.717) is 23.0 Å². The zero-order valence-corrected chi connectivity index (χ0v) is 15.0. The van der Waals surface area contributed by atoms with Gasteiger partial charge in [-0.3, -0.25) is 0 Å². The van der Waals surface area contributed by atoms with E-state index in [1.165, 1.54) is 37.7 Å². The van der Waals surface area contributed by atoms with Crippen molar-refractivity contribution in [1.82, 2.24) is 0 Å². The lowest BCUT2D eigenvalue weighted by Crippen LogP contribution is -2.68. The molecule has 1 spiro atoms. The molecule has 1 aliphatic heterocycles. The first kappa shape index (κ1) is 15.4. The Bertz CT molecular complexity index is 635. The zero-order chi connectivity index (χ0) is 16.5. The van der Waals surface area contributed by atoms with E-state index < -0.39 is 0 Å². The number of hydrogen-bond acceptors (Lipinski definition) is 2. The van der Waals surface area contributed by atoms with Crippen LogP contribution in [0.4, 0.5) is 0 Å². The monoisotopic (exact) mass is 314 g/mol. The fourth-order valence-electron chi connectivity index (χ4n) is 6.20. The maximum Gasteiger partial charge on any atom is 0.123 e. The molecule has 4 rings (SSSR count). The highest BCUT2D eigenvalue weighted by atomic mass is 16.5. The number of phenolic OH excluding ortho intramolecular Hbond substituents is 1. The van der Waals surface area contributed by atoms with E-state index in [9.17, 15) is 5.11 Å². The van der Waals surface area contributed by atoms with Crippen LogP contribution in [0, 0.1) is 22.7 Å². The number of rotatable bonds is 0. The summed E-state index contributed by atoms with van der Waals surface area (Å²) in [6, 6.07) is 5.67. The van der Waals surface area contributed by atoms with E-state index in [2.05, 4.69) is 27.7 Å². The Labute approximate surface area is 140 Å². The van der Waals surface area contributed by atoms with Gasteiger partial charge in [-0.25, -0.2) is 0 Å². The van der Waals surface area contributed by atoms with Crippen molar-refractivity contribution >= 4 is 0 Å². The fourth-order valence-corrected chi connectivity index (χ4v) is 6.20.